The smallest absolute Gasteiger partial charge is 0.357 e. The van der Waals surface area contributed by atoms with Crippen LogP contribution >= 0.6 is 23.2 Å². The fourth-order valence-corrected chi connectivity index (χ4v) is 8.99. The first kappa shape index (κ1) is 33.6. The average Bonchev–Trinajstić information content (AvgIpc) is 3.32. The second kappa shape index (κ2) is 12.8. The number of rotatable bonds is 11. The summed E-state index contributed by atoms with van der Waals surface area (Å²) in [5, 5.41) is 9.33. The third-order valence-corrected chi connectivity index (χ3v) is 10.3. The normalized spacial score (nSPS) is 26.9. The number of ether oxygens (including phenoxy) is 2. The Morgan fingerprint density at radius 3 is 2.31 bits per heavy atom. The Bertz CT molecular complexity index is 1430. The molecule has 1 aromatic heterocycles. The number of halogens is 2. The van der Waals surface area contributed by atoms with Crippen molar-refractivity contribution in [1.29, 1.82) is 0 Å². The molecule has 2 aromatic rings. The number of esters is 1. The van der Waals surface area contributed by atoms with Crippen molar-refractivity contribution in [2.75, 3.05) is 30.5 Å². The van der Waals surface area contributed by atoms with Gasteiger partial charge in [0.2, 0.25) is 5.91 Å². The van der Waals surface area contributed by atoms with Crippen molar-refractivity contribution in [3.63, 3.8) is 0 Å². The molecule has 0 radical (unpaired) electrons. The molecule has 246 valence electrons. The predicted octanol–water partition coefficient (Wildman–Crippen LogP) is 8.08. The number of hydrogen-bond acceptors (Lipinski definition) is 5. The molecule has 0 saturated heterocycles. The highest BCUT2D eigenvalue weighted by Crippen LogP contribution is 2.66. The largest absolute Gasteiger partial charge is 0.459 e. The van der Waals surface area contributed by atoms with Gasteiger partial charge in [0.1, 0.15) is 12.3 Å². The lowest BCUT2D eigenvalue weighted by atomic mass is 9.43. The lowest BCUT2D eigenvalue weighted by Crippen LogP contribution is -2.65. The standard InChI is InChI=1S/C34H46Cl2N4O5/c1-31(2,3)25-14-24(38-30(43)37-23-9-6-8-22(35)27(23)36)28(39-25)29(42)45-13-12-44-11-7-10-26(41)40-34-17-21-15-32(4,19-34)18-33(5,16-21)20-34/h6,8-9,14,21,39H,7,10-13,15-20H2,1-5H3,(H,40,41)(H2,37,38,43)/t21?,32-,33+,34?. The number of benzene rings is 1. The van der Waals surface area contributed by atoms with E-state index in [1.54, 1.807) is 24.3 Å². The molecule has 4 aliphatic carbocycles. The van der Waals surface area contributed by atoms with E-state index in [0.717, 1.165) is 30.9 Å². The van der Waals surface area contributed by atoms with Gasteiger partial charge in [-0.2, -0.15) is 0 Å². The predicted molar refractivity (Wildman–Crippen MR) is 177 cm³/mol. The zero-order chi connectivity index (χ0) is 32.6. The van der Waals surface area contributed by atoms with Crippen LogP contribution in [-0.4, -0.2) is 48.3 Å². The maximum atomic E-state index is 13.0. The first-order chi connectivity index (χ1) is 21.1. The molecule has 1 aromatic carbocycles. The third-order valence-electron chi connectivity index (χ3n) is 9.46. The zero-order valence-electron chi connectivity index (χ0n) is 27.0. The Hall–Kier alpha value is -2.75. The second-order valence-corrected chi connectivity index (χ2v) is 16.0. The van der Waals surface area contributed by atoms with E-state index < -0.39 is 12.0 Å². The molecule has 11 heteroatoms. The van der Waals surface area contributed by atoms with E-state index in [9.17, 15) is 14.4 Å². The molecule has 4 saturated carbocycles. The van der Waals surface area contributed by atoms with Crippen LogP contribution in [0.25, 0.3) is 0 Å². The van der Waals surface area contributed by atoms with Gasteiger partial charge in [0.15, 0.2) is 0 Å². The molecule has 4 aliphatic rings. The molecule has 0 spiro atoms. The van der Waals surface area contributed by atoms with Crippen LogP contribution in [0, 0.1) is 16.7 Å². The number of anilines is 2. The molecule has 4 N–H and O–H groups in total. The molecule has 2 unspecified atom stereocenters. The number of urea groups is 1. The number of aromatic amines is 1. The van der Waals surface area contributed by atoms with Gasteiger partial charge in [-0.05, 0) is 79.9 Å². The maximum Gasteiger partial charge on any atom is 0.357 e. The summed E-state index contributed by atoms with van der Waals surface area (Å²) in [6, 6.07) is 6.03. The van der Waals surface area contributed by atoms with Gasteiger partial charge in [-0.3, -0.25) is 4.79 Å². The molecule has 1 heterocycles. The number of carbonyl (C=O) groups is 3. The highest BCUT2D eigenvalue weighted by atomic mass is 35.5. The van der Waals surface area contributed by atoms with Gasteiger partial charge >= 0.3 is 12.0 Å². The van der Waals surface area contributed by atoms with Gasteiger partial charge in [0.25, 0.3) is 0 Å². The molecule has 4 atom stereocenters. The van der Waals surface area contributed by atoms with Gasteiger partial charge in [0, 0.05) is 29.7 Å². The summed E-state index contributed by atoms with van der Waals surface area (Å²) >= 11 is 12.2. The van der Waals surface area contributed by atoms with E-state index in [1.165, 1.54) is 19.3 Å². The number of amides is 3. The lowest BCUT2D eigenvalue weighted by molar-refractivity contribution is -0.140. The number of nitrogens with one attached hydrogen (secondary N) is 4. The maximum absolute atomic E-state index is 13.0. The molecular formula is C34H46Cl2N4O5. The van der Waals surface area contributed by atoms with E-state index in [2.05, 4.69) is 34.8 Å². The Balaban J connectivity index is 1.06. The lowest BCUT2D eigenvalue weighted by Gasteiger charge is -2.65. The summed E-state index contributed by atoms with van der Waals surface area (Å²) in [5.74, 6) is 0.204. The summed E-state index contributed by atoms with van der Waals surface area (Å²) in [6.45, 7) is 11.4. The van der Waals surface area contributed by atoms with Crippen LogP contribution in [-0.2, 0) is 19.7 Å². The Labute approximate surface area is 275 Å². The van der Waals surface area contributed by atoms with Crippen molar-refractivity contribution >= 4 is 52.5 Å². The van der Waals surface area contributed by atoms with Crippen LogP contribution in [0.1, 0.15) is 102 Å². The van der Waals surface area contributed by atoms with Crippen molar-refractivity contribution in [3.8, 4) is 0 Å². The van der Waals surface area contributed by atoms with Crippen LogP contribution < -0.4 is 16.0 Å². The quantitative estimate of drug-likeness (QED) is 0.143. The molecule has 4 fully saturated rings. The number of aromatic nitrogens is 1. The van der Waals surface area contributed by atoms with Crippen LogP contribution in [0.2, 0.25) is 10.0 Å². The molecule has 0 aliphatic heterocycles. The first-order valence-corrected chi connectivity index (χ1v) is 16.6. The minimum Gasteiger partial charge on any atom is -0.459 e. The van der Waals surface area contributed by atoms with E-state index >= 15 is 0 Å². The zero-order valence-corrected chi connectivity index (χ0v) is 28.5. The highest BCUT2D eigenvalue weighted by Gasteiger charge is 2.60. The monoisotopic (exact) mass is 660 g/mol. The van der Waals surface area contributed by atoms with E-state index in [-0.39, 0.29) is 46.5 Å². The van der Waals surface area contributed by atoms with Gasteiger partial charge in [-0.1, -0.05) is 63.9 Å². The molecular weight excluding hydrogens is 615 g/mol. The van der Waals surface area contributed by atoms with Crippen molar-refractivity contribution < 1.29 is 23.9 Å². The van der Waals surface area contributed by atoms with E-state index in [1.807, 2.05) is 20.8 Å². The summed E-state index contributed by atoms with van der Waals surface area (Å²) in [5.41, 5.74) is 1.82. The molecule has 3 amide bonds. The van der Waals surface area contributed by atoms with Crippen molar-refractivity contribution in [2.45, 2.75) is 96.9 Å². The molecule has 9 nitrogen and oxygen atoms in total. The number of H-pyrrole nitrogens is 1. The van der Waals surface area contributed by atoms with Crippen LogP contribution in [0.5, 0.6) is 0 Å². The SMILES string of the molecule is CC(C)(C)c1cc(NC(=O)Nc2cccc(Cl)c2Cl)c(C(=O)OCCOCCCC(=O)NC23CC4C[C@@](C)(C2)C[C@](C)(C4)C3)[nH]1. The Kier molecular flexibility index (Phi) is 9.56. The minimum atomic E-state index is -0.623. The molecule has 6 rings (SSSR count). The average molecular weight is 662 g/mol. The van der Waals surface area contributed by atoms with Gasteiger partial charge < -0.3 is 30.4 Å². The topological polar surface area (TPSA) is 122 Å². The first-order valence-electron chi connectivity index (χ1n) is 15.9. The van der Waals surface area contributed by atoms with Gasteiger partial charge in [-0.25, -0.2) is 9.59 Å². The minimum absolute atomic E-state index is 0.0281. The van der Waals surface area contributed by atoms with E-state index in [0.29, 0.717) is 41.0 Å². The van der Waals surface area contributed by atoms with Crippen LogP contribution in [0.3, 0.4) is 0 Å². The number of carbonyl (C=O) groups excluding carboxylic acids is 3. The van der Waals surface area contributed by atoms with Crippen molar-refractivity contribution in [1.82, 2.24) is 10.3 Å². The van der Waals surface area contributed by atoms with E-state index in [4.69, 9.17) is 32.7 Å². The molecule has 4 bridgehead atoms. The summed E-state index contributed by atoms with van der Waals surface area (Å²) in [7, 11) is 0. The summed E-state index contributed by atoms with van der Waals surface area (Å²) in [6.07, 6.45) is 8.18. The van der Waals surface area contributed by atoms with Gasteiger partial charge in [-0.15, -0.1) is 0 Å². The van der Waals surface area contributed by atoms with Crippen molar-refractivity contribution in [2.24, 2.45) is 16.7 Å². The third kappa shape index (κ3) is 7.98. The van der Waals surface area contributed by atoms with Gasteiger partial charge in [0.05, 0.1) is 28.0 Å². The van der Waals surface area contributed by atoms with Crippen molar-refractivity contribution in [3.05, 3.63) is 45.7 Å². The summed E-state index contributed by atoms with van der Waals surface area (Å²) in [4.78, 5) is 41.7. The Morgan fingerprint density at radius 1 is 0.956 bits per heavy atom. The van der Waals surface area contributed by atoms with Crippen LogP contribution in [0.4, 0.5) is 16.2 Å². The highest BCUT2D eigenvalue weighted by molar-refractivity contribution is 6.44. The fourth-order valence-electron chi connectivity index (χ4n) is 8.64. The van der Waals surface area contributed by atoms with Crippen LogP contribution in [0.15, 0.2) is 24.3 Å². The Morgan fingerprint density at radius 2 is 1.64 bits per heavy atom. The number of hydrogen-bond donors (Lipinski definition) is 4. The fraction of sp³-hybridized carbons (Fsp3) is 0.618. The molecule has 45 heavy (non-hydrogen) atoms. The summed E-state index contributed by atoms with van der Waals surface area (Å²) < 4.78 is 11.1. The second-order valence-electron chi connectivity index (χ2n) is 15.2.